The Balaban J connectivity index is 0.000000858. The number of carboxylic acid groups (broad SMARTS) is 1. The minimum atomic E-state index is -0.767. The summed E-state index contributed by atoms with van der Waals surface area (Å²) in [6, 6.07) is 12.8. The molecule has 0 aliphatic carbocycles. The van der Waals surface area contributed by atoms with Gasteiger partial charge in [0.1, 0.15) is 17.7 Å². The van der Waals surface area contributed by atoms with E-state index < -0.39 is 23.6 Å². The number of nitrogens with zero attached hydrogens (tertiary/aromatic N) is 2. The summed E-state index contributed by atoms with van der Waals surface area (Å²) in [6.07, 6.45) is 2.31. The van der Waals surface area contributed by atoms with Crippen LogP contribution in [0.1, 0.15) is 33.3 Å². The van der Waals surface area contributed by atoms with Gasteiger partial charge < -0.3 is 15.2 Å². The molecule has 9 heteroatoms. The number of halogens is 2. The molecule has 1 amide bonds. The SMILES string of the molecule is O=C(NCC1OCCc2cn(Cc3ccccc3)nc21)c1cc(F)ccc1F.O=CO. The Hall–Kier alpha value is -3.59. The molecule has 31 heavy (non-hydrogen) atoms. The molecule has 0 fully saturated rings. The largest absolute Gasteiger partial charge is 0.483 e. The van der Waals surface area contributed by atoms with Gasteiger partial charge in [-0.15, -0.1) is 0 Å². The Labute approximate surface area is 177 Å². The van der Waals surface area contributed by atoms with Crippen LogP contribution in [0.25, 0.3) is 0 Å². The Bertz CT molecular complexity index is 1040. The van der Waals surface area contributed by atoms with Crippen molar-refractivity contribution in [1.82, 2.24) is 15.1 Å². The number of ether oxygens (including phenoxy) is 1. The van der Waals surface area contributed by atoms with Crippen molar-refractivity contribution in [1.29, 1.82) is 0 Å². The molecule has 2 heterocycles. The summed E-state index contributed by atoms with van der Waals surface area (Å²) in [7, 11) is 0. The highest BCUT2D eigenvalue weighted by Crippen LogP contribution is 2.25. The summed E-state index contributed by atoms with van der Waals surface area (Å²) in [6.45, 7) is 1.03. The smallest absolute Gasteiger partial charge is 0.290 e. The predicted octanol–water partition coefficient (Wildman–Crippen LogP) is 2.95. The first-order valence-corrected chi connectivity index (χ1v) is 9.54. The van der Waals surface area contributed by atoms with E-state index in [-0.39, 0.29) is 18.6 Å². The first kappa shape index (κ1) is 22.1. The Morgan fingerprint density at radius 3 is 2.74 bits per heavy atom. The molecule has 0 spiro atoms. The van der Waals surface area contributed by atoms with Crippen molar-refractivity contribution in [2.24, 2.45) is 0 Å². The quantitative estimate of drug-likeness (QED) is 0.609. The van der Waals surface area contributed by atoms with Gasteiger partial charge >= 0.3 is 0 Å². The van der Waals surface area contributed by atoms with Gasteiger partial charge in [0.05, 0.1) is 24.4 Å². The zero-order valence-corrected chi connectivity index (χ0v) is 16.5. The highest BCUT2D eigenvalue weighted by atomic mass is 19.1. The lowest BCUT2D eigenvalue weighted by molar-refractivity contribution is -0.122. The van der Waals surface area contributed by atoms with E-state index in [2.05, 4.69) is 10.4 Å². The lowest BCUT2D eigenvalue weighted by Crippen LogP contribution is -2.32. The van der Waals surface area contributed by atoms with E-state index in [4.69, 9.17) is 14.6 Å². The van der Waals surface area contributed by atoms with E-state index in [9.17, 15) is 13.6 Å². The van der Waals surface area contributed by atoms with Crippen molar-refractivity contribution in [2.45, 2.75) is 19.1 Å². The van der Waals surface area contributed by atoms with Crippen LogP contribution < -0.4 is 5.32 Å². The van der Waals surface area contributed by atoms with Crippen molar-refractivity contribution >= 4 is 12.4 Å². The van der Waals surface area contributed by atoms with Gasteiger partial charge in [-0.25, -0.2) is 8.78 Å². The number of aromatic nitrogens is 2. The number of carbonyl (C=O) groups is 2. The molecule has 7 nitrogen and oxygen atoms in total. The van der Waals surface area contributed by atoms with Gasteiger partial charge in [-0.1, -0.05) is 30.3 Å². The van der Waals surface area contributed by atoms with Crippen LogP contribution >= 0.6 is 0 Å². The second kappa shape index (κ2) is 10.4. The van der Waals surface area contributed by atoms with E-state index in [1.54, 1.807) is 0 Å². The fourth-order valence-corrected chi connectivity index (χ4v) is 3.29. The van der Waals surface area contributed by atoms with Crippen LogP contribution in [0.15, 0.2) is 54.7 Å². The summed E-state index contributed by atoms with van der Waals surface area (Å²) >= 11 is 0. The fourth-order valence-electron chi connectivity index (χ4n) is 3.29. The van der Waals surface area contributed by atoms with Crippen LogP contribution in [0.4, 0.5) is 8.78 Å². The maximum Gasteiger partial charge on any atom is 0.290 e. The van der Waals surface area contributed by atoms with Crippen molar-refractivity contribution < 1.29 is 28.2 Å². The van der Waals surface area contributed by atoms with Crippen molar-refractivity contribution in [3.8, 4) is 0 Å². The Kier molecular flexibility index (Phi) is 7.45. The van der Waals surface area contributed by atoms with Crippen LogP contribution in [0, 0.1) is 11.6 Å². The van der Waals surface area contributed by atoms with Crippen molar-refractivity contribution in [2.75, 3.05) is 13.2 Å². The molecule has 4 rings (SSSR count). The molecule has 1 unspecified atom stereocenters. The normalized spacial score (nSPS) is 14.7. The number of fused-ring (bicyclic) bond motifs is 1. The molecule has 0 radical (unpaired) electrons. The average Bonchev–Trinajstić information content (AvgIpc) is 3.18. The molecule has 1 aliphatic heterocycles. The van der Waals surface area contributed by atoms with Gasteiger partial charge in [-0.3, -0.25) is 14.3 Å². The van der Waals surface area contributed by atoms with Crippen LogP contribution in [0.2, 0.25) is 0 Å². The van der Waals surface area contributed by atoms with Gasteiger partial charge in [0.2, 0.25) is 0 Å². The molecule has 3 aromatic rings. The molecule has 2 N–H and O–H groups in total. The number of carbonyl (C=O) groups excluding carboxylic acids is 1. The molecule has 1 atom stereocenters. The van der Waals surface area contributed by atoms with Gasteiger partial charge in [0.15, 0.2) is 0 Å². The number of rotatable bonds is 5. The summed E-state index contributed by atoms with van der Waals surface area (Å²) < 4.78 is 34.7. The number of benzene rings is 2. The number of amides is 1. The molecule has 2 aromatic carbocycles. The molecule has 1 aliphatic rings. The Morgan fingerprint density at radius 1 is 1.26 bits per heavy atom. The van der Waals surface area contributed by atoms with E-state index >= 15 is 0 Å². The third-order valence-electron chi connectivity index (χ3n) is 4.67. The van der Waals surface area contributed by atoms with Gasteiger partial charge in [-0.2, -0.15) is 5.10 Å². The topological polar surface area (TPSA) is 93.5 Å². The first-order chi connectivity index (χ1) is 15.0. The van der Waals surface area contributed by atoms with Crippen LogP contribution in [0.3, 0.4) is 0 Å². The zero-order chi connectivity index (χ0) is 22.2. The average molecular weight is 429 g/mol. The van der Waals surface area contributed by atoms with E-state index in [0.29, 0.717) is 13.2 Å². The summed E-state index contributed by atoms with van der Waals surface area (Å²) in [4.78, 5) is 20.6. The lowest BCUT2D eigenvalue weighted by Gasteiger charge is -2.22. The second-order valence-electron chi connectivity index (χ2n) is 6.77. The summed E-state index contributed by atoms with van der Waals surface area (Å²) in [5.74, 6) is -2.12. The van der Waals surface area contributed by atoms with E-state index in [0.717, 1.165) is 41.4 Å². The Morgan fingerprint density at radius 2 is 2.00 bits per heavy atom. The first-order valence-electron chi connectivity index (χ1n) is 9.54. The fraction of sp³-hybridized carbons (Fsp3) is 0.227. The number of hydrogen-bond donors (Lipinski definition) is 2. The highest BCUT2D eigenvalue weighted by Gasteiger charge is 2.26. The minimum Gasteiger partial charge on any atom is -0.483 e. The monoisotopic (exact) mass is 429 g/mol. The zero-order valence-electron chi connectivity index (χ0n) is 16.5. The minimum absolute atomic E-state index is 0.129. The van der Waals surface area contributed by atoms with Gasteiger partial charge in [0, 0.05) is 12.7 Å². The maximum absolute atomic E-state index is 13.8. The third kappa shape index (κ3) is 5.73. The molecule has 0 bridgehead atoms. The van der Waals surface area contributed by atoms with Crippen LogP contribution in [0.5, 0.6) is 0 Å². The van der Waals surface area contributed by atoms with Crippen molar-refractivity contribution in [3.05, 3.63) is 88.7 Å². The van der Waals surface area contributed by atoms with E-state index in [1.807, 2.05) is 41.2 Å². The van der Waals surface area contributed by atoms with Crippen molar-refractivity contribution in [3.63, 3.8) is 0 Å². The number of nitrogens with one attached hydrogen (secondary N) is 1. The summed E-state index contributed by atoms with van der Waals surface area (Å²) in [5, 5.41) is 14.1. The summed E-state index contributed by atoms with van der Waals surface area (Å²) in [5.41, 5.74) is 2.64. The van der Waals surface area contributed by atoms with E-state index in [1.165, 1.54) is 0 Å². The van der Waals surface area contributed by atoms with Gasteiger partial charge in [-0.05, 0) is 35.7 Å². The second-order valence-corrected chi connectivity index (χ2v) is 6.77. The standard InChI is InChI=1S/C21H19F2N3O2.CH2O2/c22-16-6-7-18(23)17(10-16)21(27)24-11-19-20-15(8-9-28-19)13-26(25-20)12-14-4-2-1-3-5-14;2-1-3/h1-7,10,13,19H,8-9,11-12H2,(H,24,27);1H,(H,2,3). The molecule has 0 saturated heterocycles. The molecular formula is C22H21F2N3O4. The molecule has 1 aromatic heterocycles. The lowest BCUT2D eigenvalue weighted by atomic mass is 10.1. The van der Waals surface area contributed by atoms with Crippen LogP contribution in [-0.4, -0.2) is 40.4 Å². The molecule has 162 valence electrons. The van der Waals surface area contributed by atoms with Crippen LogP contribution in [-0.2, 0) is 22.5 Å². The third-order valence-corrected chi connectivity index (χ3v) is 4.67. The predicted molar refractivity (Wildman–Crippen MR) is 108 cm³/mol. The maximum atomic E-state index is 13.8. The van der Waals surface area contributed by atoms with Gasteiger partial charge in [0.25, 0.3) is 12.4 Å². The molecular weight excluding hydrogens is 408 g/mol. The number of hydrogen-bond acceptors (Lipinski definition) is 4. The molecule has 0 saturated carbocycles. The highest BCUT2D eigenvalue weighted by molar-refractivity contribution is 5.94.